The van der Waals surface area contributed by atoms with Crippen molar-refractivity contribution in [3.05, 3.63) is 64.7 Å². The maximum atomic E-state index is 13.1. The van der Waals surface area contributed by atoms with Gasteiger partial charge >= 0.3 is 6.03 Å². The molecule has 2 aliphatic rings. The van der Waals surface area contributed by atoms with Gasteiger partial charge in [-0.2, -0.15) is 0 Å². The summed E-state index contributed by atoms with van der Waals surface area (Å²) < 4.78 is 0. The summed E-state index contributed by atoms with van der Waals surface area (Å²) in [6.07, 6.45) is 3.56. The average Bonchev–Trinajstić information content (AvgIpc) is 3.29. The molecule has 2 aromatic rings. The number of carbonyl (C=O) groups is 2. The summed E-state index contributed by atoms with van der Waals surface area (Å²) >= 11 is 5.95. The first-order chi connectivity index (χ1) is 15.4. The minimum absolute atomic E-state index is 0.0173. The van der Waals surface area contributed by atoms with Gasteiger partial charge in [-0.15, -0.1) is 0 Å². The molecule has 2 atom stereocenters. The third-order valence-electron chi connectivity index (χ3n) is 6.66. The van der Waals surface area contributed by atoms with Gasteiger partial charge in [-0.05, 0) is 55.0 Å². The van der Waals surface area contributed by atoms with E-state index in [4.69, 9.17) is 11.6 Å². The predicted molar refractivity (Wildman–Crippen MR) is 128 cm³/mol. The van der Waals surface area contributed by atoms with Crippen molar-refractivity contribution in [2.45, 2.75) is 44.3 Å². The highest BCUT2D eigenvalue weighted by molar-refractivity contribution is 6.30. The third-order valence-corrected chi connectivity index (χ3v) is 6.92. The molecule has 1 N–H and O–H groups in total. The SMILES string of the molecule is CN(Cc1ccc(Cl)cc1)C(=O)[C@H]1CCCN1C(=O)NCC1CCc2ccccc2N1C. The second-order valence-corrected chi connectivity index (χ2v) is 9.23. The number of likely N-dealkylation sites (N-methyl/N-ethyl adjacent to an activating group) is 2. The van der Waals surface area contributed by atoms with Gasteiger partial charge in [0.25, 0.3) is 0 Å². The highest BCUT2D eigenvalue weighted by atomic mass is 35.5. The molecule has 0 bridgehead atoms. The van der Waals surface area contributed by atoms with Gasteiger partial charge in [0.1, 0.15) is 6.04 Å². The first kappa shape index (κ1) is 22.5. The number of hydrogen-bond acceptors (Lipinski definition) is 3. The number of hydrogen-bond donors (Lipinski definition) is 1. The summed E-state index contributed by atoms with van der Waals surface area (Å²) in [5.74, 6) is -0.0173. The third kappa shape index (κ3) is 4.85. The molecule has 0 spiro atoms. The number of rotatable bonds is 5. The van der Waals surface area contributed by atoms with Gasteiger partial charge in [0, 0.05) is 50.5 Å². The Kier molecular flexibility index (Phi) is 6.89. The molecule has 1 fully saturated rings. The summed E-state index contributed by atoms with van der Waals surface area (Å²) in [4.78, 5) is 31.7. The summed E-state index contributed by atoms with van der Waals surface area (Å²) in [6.45, 7) is 1.68. The van der Waals surface area contributed by atoms with Crippen molar-refractivity contribution < 1.29 is 9.59 Å². The Balaban J connectivity index is 1.33. The van der Waals surface area contributed by atoms with Crippen molar-refractivity contribution in [2.24, 2.45) is 0 Å². The number of amides is 3. The zero-order chi connectivity index (χ0) is 22.7. The van der Waals surface area contributed by atoms with E-state index in [1.807, 2.05) is 24.3 Å². The van der Waals surface area contributed by atoms with Crippen LogP contribution in [0.5, 0.6) is 0 Å². The van der Waals surface area contributed by atoms with E-state index >= 15 is 0 Å². The zero-order valence-corrected chi connectivity index (χ0v) is 19.5. The van der Waals surface area contributed by atoms with Crippen LogP contribution in [0, 0.1) is 0 Å². The van der Waals surface area contributed by atoms with E-state index in [2.05, 4.69) is 41.5 Å². The van der Waals surface area contributed by atoms with Crippen molar-refractivity contribution in [1.29, 1.82) is 0 Å². The zero-order valence-electron chi connectivity index (χ0n) is 18.8. The second-order valence-electron chi connectivity index (χ2n) is 8.79. The molecule has 2 heterocycles. The number of nitrogens with zero attached hydrogens (tertiary/aromatic N) is 3. The Bertz CT molecular complexity index is 965. The summed E-state index contributed by atoms with van der Waals surface area (Å²) in [5.41, 5.74) is 3.60. The molecule has 1 saturated heterocycles. The van der Waals surface area contributed by atoms with Crippen molar-refractivity contribution in [1.82, 2.24) is 15.1 Å². The molecular weight excluding hydrogens is 424 g/mol. The van der Waals surface area contributed by atoms with Gasteiger partial charge in [-0.25, -0.2) is 4.79 Å². The van der Waals surface area contributed by atoms with E-state index in [-0.39, 0.29) is 18.0 Å². The Morgan fingerprint density at radius 1 is 1.12 bits per heavy atom. The number of benzene rings is 2. The van der Waals surface area contributed by atoms with Gasteiger partial charge in [-0.3, -0.25) is 4.79 Å². The standard InChI is InChI=1S/C25H31ClN4O2/c1-28(17-18-9-12-20(26)13-10-18)24(31)23-8-5-15-30(23)25(32)27-16-21-14-11-19-6-3-4-7-22(19)29(21)2/h3-4,6-7,9-10,12-13,21,23H,5,8,11,14-17H2,1-2H3,(H,27,32)/t21?,23-/m1/s1. The highest BCUT2D eigenvalue weighted by Gasteiger charge is 2.36. The van der Waals surface area contributed by atoms with Gasteiger partial charge in [0.15, 0.2) is 0 Å². The fourth-order valence-corrected chi connectivity index (χ4v) is 4.91. The normalized spacial score (nSPS) is 20.1. The van der Waals surface area contributed by atoms with E-state index in [0.717, 1.165) is 24.8 Å². The Morgan fingerprint density at radius 2 is 1.88 bits per heavy atom. The Morgan fingerprint density at radius 3 is 2.66 bits per heavy atom. The van der Waals surface area contributed by atoms with Crippen LogP contribution in [0.4, 0.5) is 10.5 Å². The minimum Gasteiger partial charge on any atom is -0.370 e. The van der Waals surface area contributed by atoms with E-state index < -0.39 is 6.04 Å². The molecular formula is C25H31ClN4O2. The van der Waals surface area contributed by atoms with Crippen molar-refractivity contribution in [3.8, 4) is 0 Å². The predicted octanol–water partition coefficient (Wildman–Crippen LogP) is 3.92. The quantitative estimate of drug-likeness (QED) is 0.744. The van der Waals surface area contributed by atoms with E-state index in [1.54, 1.807) is 16.8 Å². The lowest BCUT2D eigenvalue weighted by Crippen LogP contribution is -2.52. The molecule has 4 rings (SSSR count). The average molecular weight is 455 g/mol. The lowest BCUT2D eigenvalue weighted by molar-refractivity contribution is -0.134. The number of halogens is 1. The number of anilines is 1. The lowest BCUT2D eigenvalue weighted by atomic mass is 9.96. The van der Waals surface area contributed by atoms with Gasteiger partial charge in [0.05, 0.1) is 0 Å². The number of urea groups is 1. The smallest absolute Gasteiger partial charge is 0.318 e. The molecule has 0 radical (unpaired) electrons. The molecule has 3 amide bonds. The van der Waals surface area contributed by atoms with Crippen molar-refractivity contribution >= 4 is 29.2 Å². The molecule has 7 heteroatoms. The Hall–Kier alpha value is -2.73. The van der Waals surface area contributed by atoms with Crippen LogP contribution in [-0.2, 0) is 17.8 Å². The van der Waals surface area contributed by atoms with Gasteiger partial charge < -0.3 is 20.0 Å². The first-order valence-electron chi connectivity index (χ1n) is 11.3. The molecule has 2 aromatic carbocycles. The number of nitrogens with one attached hydrogen (secondary N) is 1. The van der Waals surface area contributed by atoms with Crippen LogP contribution in [0.3, 0.4) is 0 Å². The molecule has 170 valence electrons. The van der Waals surface area contributed by atoms with E-state index in [1.165, 1.54) is 11.3 Å². The highest BCUT2D eigenvalue weighted by Crippen LogP contribution is 2.29. The topological polar surface area (TPSA) is 55.9 Å². The molecule has 1 unspecified atom stereocenters. The Labute approximate surface area is 195 Å². The fourth-order valence-electron chi connectivity index (χ4n) is 4.79. The van der Waals surface area contributed by atoms with Crippen LogP contribution < -0.4 is 10.2 Å². The summed E-state index contributed by atoms with van der Waals surface area (Å²) in [6, 6.07) is 15.6. The number of para-hydroxylation sites is 1. The molecule has 32 heavy (non-hydrogen) atoms. The van der Waals surface area contributed by atoms with E-state index in [9.17, 15) is 9.59 Å². The van der Waals surface area contributed by atoms with Crippen LogP contribution in [-0.4, -0.2) is 61.0 Å². The second kappa shape index (κ2) is 9.82. The molecule has 0 aromatic heterocycles. The van der Waals surface area contributed by atoms with Crippen LogP contribution in [0.1, 0.15) is 30.4 Å². The summed E-state index contributed by atoms with van der Waals surface area (Å²) in [7, 11) is 3.88. The maximum Gasteiger partial charge on any atom is 0.318 e. The van der Waals surface area contributed by atoms with Crippen molar-refractivity contribution in [2.75, 3.05) is 32.1 Å². The molecule has 0 saturated carbocycles. The number of likely N-dealkylation sites (tertiary alicyclic amines) is 1. The van der Waals surface area contributed by atoms with Crippen molar-refractivity contribution in [3.63, 3.8) is 0 Å². The van der Waals surface area contributed by atoms with Gasteiger partial charge in [0.2, 0.25) is 5.91 Å². The van der Waals surface area contributed by atoms with Crippen LogP contribution >= 0.6 is 11.6 Å². The maximum absolute atomic E-state index is 13.1. The largest absolute Gasteiger partial charge is 0.370 e. The van der Waals surface area contributed by atoms with Crippen LogP contribution in [0.2, 0.25) is 5.02 Å². The fraction of sp³-hybridized carbons (Fsp3) is 0.440. The van der Waals surface area contributed by atoms with Crippen LogP contribution in [0.25, 0.3) is 0 Å². The first-order valence-corrected chi connectivity index (χ1v) is 11.7. The number of carbonyl (C=O) groups excluding carboxylic acids is 2. The van der Waals surface area contributed by atoms with Gasteiger partial charge in [-0.1, -0.05) is 41.9 Å². The monoisotopic (exact) mass is 454 g/mol. The van der Waals surface area contributed by atoms with E-state index in [0.29, 0.717) is 31.1 Å². The number of fused-ring (bicyclic) bond motifs is 1. The molecule has 6 nitrogen and oxygen atoms in total. The minimum atomic E-state index is -0.405. The molecule has 2 aliphatic heterocycles. The summed E-state index contributed by atoms with van der Waals surface area (Å²) in [5, 5.41) is 3.77. The number of aryl methyl sites for hydroxylation is 1. The lowest BCUT2D eigenvalue weighted by Gasteiger charge is -2.36. The molecule has 0 aliphatic carbocycles. The van der Waals surface area contributed by atoms with Crippen LogP contribution in [0.15, 0.2) is 48.5 Å².